The first-order valence-electron chi connectivity index (χ1n) is 11.0. The molecule has 5 rings (SSSR count). The molecule has 4 aliphatic rings. The molecule has 0 radical (unpaired) electrons. The Balaban J connectivity index is 1.49. The van der Waals surface area contributed by atoms with E-state index in [1.165, 1.54) is 4.90 Å². The van der Waals surface area contributed by atoms with Crippen molar-refractivity contribution in [3.05, 3.63) is 29.3 Å². The largest absolute Gasteiger partial charge is 0.492 e. The van der Waals surface area contributed by atoms with Gasteiger partial charge in [-0.25, -0.2) is 9.98 Å². The Hall–Kier alpha value is -3.09. The van der Waals surface area contributed by atoms with Crippen molar-refractivity contribution in [2.75, 3.05) is 19.7 Å². The minimum atomic E-state index is -2.50. The van der Waals surface area contributed by atoms with Crippen molar-refractivity contribution in [2.24, 2.45) is 27.2 Å². The van der Waals surface area contributed by atoms with Gasteiger partial charge in [-0.3, -0.25) is 4.79 Å². The first-order chi connectivity index (χ1) is 15.5. The number of para-hydroxylation sites is 1. The number of nitrogens with zero attached hydrogens (tertiary/aromatic N) is 3. The van der Waals surface area contributed by atoms with Crippen LogP contribution < -0.4 is 32.6 Å². The predicted octanol–water partition coefficient (Wildman–Crippen LogP) is -2.52. The number of carbonyl (C=O) groups is 1. The van der Waals surface area contributed by atoms with Gasteiger partial charge in [0.15, 0.2) is 17.6 Å². The van der Waals surface area contributed by atoms with Gasteiger partial charge in [0.1, 0.15) is 17.8 Å². The van der Waals surface area contributed by atoms with Crippen molar-refractivity contribution >= 4 is 17.8 Å². The molecule has 3 unspecified atom stereocenters. The third-order valence-corrected chi connectivity index (χ3v) is 7.31. The van der Waals surface area contributed by atoms with Gasteiger partial charge >= 0.3 is 0 Å². The standard InChI is InChI=1S/C21H30N8O4/c1-19(2)6-7-33-14-10(4-3-5-11(14)19)16(30)26-13-9-29-18(24)25-12(8-22)15-20(29,21(13,31)32)28-17(23)27-15/h3-5,12-13,15,31-32H,6-9,22H2,1-2H3,(H2,24,25)(H,26,30)(H3,23,27,28)/t12-,13?,15?,20?/m0/s1. The molecular weight excluding hydrogens is 428 g/mol. The lowest BCUT2D eigenvalue weighted by molar-refractivity contribution is -0.230. The van der Waals surface area contributed by atoms with E-state index in [9.17, 15) is 15.0 Å². The van der Waals surface area contributed by atoms with Gasteiger partial charge in [-0.2, -0.15) is 0 Å². The molecule has 12 nitrogen and oxygen atoms in total. The maximum Gasteiger partial charge on any atom is 0.255 e. The summed E-state index contributed by atoms with van der Waals surface area (Å²) in [6.45, 7) is 4.74. The molecule has 4 aliphatic heterocycles. The molecule has 0 aliphatic carbocycles. The van der Waals surface area contributed by atoms with Crippen molar-refractivity contribution in [3.8, 4) is 5.75 Å². The van der Waals surface area contributed by atoms with Gasteiger partial charge in [-0.15, -0.1) is 0 Å². The molecule has 178 valence electrons. The highest BCUT2D eigenvalue weighted by Gasteiger charge is 2.73. The van der Waals surface area contributed by atoms with E-state index in [1.54, 1.807) is 12.1 Å². The Morgan fingerprint density at radius 2 is 2.09 bits per heavy atom. The number of nitrogens with two attached hydrogens (primary N) is 3. The molecule has 1 fully saturated rings. The van der Waals surface area contributed by atoms with Gasteiger partial charge in [0, 0.05) is 18.7 Å². The summed E-state index contributed by atoms with van der Waals surface area (Å²) < 4.78 is 5.85. The highest BCUT2D eigenvalue weighted by Crippen LogP contribution is 2.45. The number of aliphatic hydroxyl groups is 2. The number of nitrogens with one attached hydrogen (secondary N) is 2. The van der Waals surface area contributed by atoms with E-state index in [-0.39, 0.29) is 30.4 Å². The van der Waals surface area contributed by atoms with Gasteiger partial charge in [0.05, 0.1) is 18.2 Å². The fourth-order valence-corrected chi connectivity index (χ4v) is 5.46. The second-order valence-corrected chi connectivity index (χ2v) is 9.67. The molecule has 1 aromatic carbocycles. The van der Waals surface area contributed by atoms with E-state index >= 15 is 0 Å². The van der Waals surface area contributed by atoms with Crippen LogP contribution in [0.1, 0.15) is 36.2 Å². The number of amides is 1. The maximum absolute atomic E-state index is 13.3. The number of aliphatic imine (C=N–C) groups is 2. The number of hydrogen-bond acceptors (Lipinski definition) is 11. The summed E-state index contributed by atoms with van der Waals surface area (Å²) in [5.41, 5.74) is 17.4. The Morgan fingerprint density at radius 1 is 1.33 bits per heavy atom. The van der Waals surface area contributed by atoms with Crippen LogP contribution in [0, 0.1) is 0 Å². The van der Waals surface area contributed by atoms with Crippen molar-refractivity contribution in [2.45, 2.75) is 55.3 Å². The van der Waals surface area contributed by atoms with E-state index in [1.807, 2.05) is 6.07 Å². The molecule has 1 saturated heterocycles. The molecule has 0 aromatic heterocycles. The molecule has 0 saturated carbocycles. The Bertz CT molecular complexity index is 1070. The van der Waals surface area contributed by atoms with Crippen molar-refractivity contribution in [1.82, 2.24) is 15.5 Å². The molecule has 10 N–H and O–H groups in total. The molecule has 12 heteroatoms. The SMILES string of the molecule is CC1(C)CCOc2c(C(=O)NC3CN4C(N)=N[C@@H](CN)C5N=C(N)NC54C3(O)O)cccc21. The van der Waals surface area contributed by atoms with Crippen molar-refractivity contribution in [3.63, 3.8) is 0 Å². The second-order valence-electron chi connectivity index (χ2n) is 9.67. The molecule has 33 heavy (non-hydrogen) atoms. The monoisotopic (exact) mass is 458 g/mol. The minimum absolute atomic E-state index is 0.0144. The van der Waals surface area contributed by atoms with E-state index in [0.29, 0.717) is 17.9 Å². The Morgan fingerprint density at radius 3 is 2.82 bits per heavy atom. The second kappa shape index (κ2) is 6.95. The number of fused-ring (bicyclic) bond motifs is 1. The molecule has 0 bridgehead atoms. The van der Waals surface area contributed by atoms with Crippen LogP contribution in [0.5, 0.6) is 5.75 Å². The average molecular weight is 459 g/mol. The molecule has 1 aromatic rings. The van der Waals surface area contributed by atoms with Gasteiger partial charge in [0.25, 0.3) is 5.91 Å². The van der Waals surface area contributed by atoms with Crippen LogP contribution in [0.3, 0.4) is 0 Å². The summed E-state index contributed by atoms with van der Waals surface area (Å²) in [5.74, 6) is -2.41. The summed E-state index contributed by atoms with van der Waals surface area (Å²) in [4.78, 5) is 23.5. The fourth-order valence-electron chi connectivity index (χ4n) is 5.46. The van der Waals surface area contributed by atoms with E-state index in [2.05, 4.69) is 34.5 Å². The van der Waals surface area contributed by atoms with Crippen LogP contribution in [0.2, 0.25) is 0 Å². The van der Waals surface area contributed by atoms with Gasteiger partial charge in [-0.05, 0) is 17.9 Å². The zero-order valence-electron chi connectivity index (χ0n) is 18.6. The number of rotatable bonds is 3. The predicted molar refractivity (Wildman–Crippen MR) is 120 cm³/mol. The number of ether oxygens (including phenoxy) is 1. The third kappa shape index (κ3) is 2.84. The smallest absolute Gasteiger partial charge is 0.255 e. The highest BCUT2D eigenvalue weighted by molar-refractivity contribution is 5.98. The lowest BCUT2D eigenvalue weighted by Crippen LogP contribution is -2.78. The average Bonchev–Trinajstić information content (AvgIpc) is 3.22. The number of guanidine groups is 2. The van der Waals surface area contributed by atoms with Crippen LogP contribution in [0.25, 0.3) is 0 Å². The molecule has 1 amide bonds. The van der Waals surface area contributed by atoms with Crippen LogP contribution in [0.4, 0.5) is 0 Å². The first-order valence-corrected chi connectivity index (χ1v) is 11.0. The number of hydrogen-bond donors (Lipinski definition) is 7. The lowest BCUT2D eigenvalue weighted by Gasteiger charge is -2.48. The summed E-state index contributed by atoms with van der Waals surface area (Å²) in [5, 5.41) is 28.4. The highest BCUT2D eigenvalue weighted by atomic mass is 16.5. The molecular formula is C21H30N8O4. The van der Waals surface area contributed by atoms with E-state index < -0.39 is 35.5 Å². The normalized spacial score (nSPS) is 33.0. The van der Waals surface area contributed by atoms with E-state index in [4.69, 9.17) is 21.9 Å². The van der Waals surface area contributed by atoms with Gasteiger partial charge in [0.2, 0.25) is 5.79 Å². The van der Waals surface area contributed by atoms with Crippen LogP contribution in [0.15, 0.2) is 28.2 Å². The number of carbonyl (C=O) groups excluding carboxylic acids is 1. The fraction of sp³-hybridized carbons (Fsp3) is 0.571. The van der Waals surface area contributed by atoms with Crippen molar-refractivity contribution < 1.29 is 19.7 Å². The topological polar surface area (TPSA) is 197 Å². The lowest BCUT2D eigenvalue weighted by atomic mass is 9.79. The quantitative estimate of drug-likeness (QED) is 0.239. The first kappa shape index (κ1) is 21.7. The molecule has 4 atom stereocenters. The summed E-state index contributed by atoms with van der Waals surface area (Å²) >= 11 is 0. The maximum atomic E-state index is 13.3. The van der Waals surface area contributed by atoms with Gasteiger partial charge in [-0.1, -0.05) is 26.0 Å². The molecule has 1 spiro atoms. The van der Waals surface area contributed by atoms with Gasteiger partial charge < -0.3 is 47.7 Å². The van der Waals surface area contributed by atoms with Crippen LogP contribution >= 0.6 is 0 Å². The summed E-state index contributed by atoms with van der Waals surface area (Å²) in [6.07, 6.45) is 0.830. The molecule has 4 heterocycles. The Kier molecular flexibility index (Phi) is 4.58. The zero-order valence-corrected chi connectivity index (χ0v) is 18.6. The zero-order chi connectivity index (χ0) is 23.8. The van der Waals surface area contributed by atoms with E-state index in [0.717, 1.165) is 12.0 Å². The third-order valence-electron chi connectivity index (χ3n) is 7.31. The van der Waals surface area contributed by atoms with Crippen LogP contribution in [-0.2, 0) is 5.41 Å². The number of benzene rings is 1. The Labute approximate surface area is 190 Å². The summed E-state index contributed by atoms with van der Waals surface area (Å²) in [7, 11) is 0. The van der Waals surface area contributed by atoms with Crippen LogP contribution in [-0.4, -0.2) is 82.2 Å². The summed E-state index contributed by atoms with van der Waals surface area (Å²) in [6, 6.07) is 2.84. The minimum Gasteiger partial charge on any atom is -0.492 e. The van der Waals surface area contributed by atoms with Crippen molar-refractivity contribution in [1.29, 1.82) is 0 Å².